The fourth-order valence-corrected chi connectivity index (χ4v) is 3.48. The molecule has 1 saturated carbocycles. The Kier molecular flexibility index (Phi) is 3.20. The van der Waals surface area contributed by atoms with E-state index in [0.29, 0.717) is 0 Å². The zero-order valence-corrected chi connectivity index (χ0v) is 12.2. The summed E-state index contributed by atoms with van der Waals surface area (Å²) in [6.07, 6.45) is 11.2. The number of benzene rings is 1. The van der Waals surface area contributed by atoms with E-state index in [1.54, 1.807) is 11.9 Å². The van der Waals surface area contributed by atoms with Gasteiger partial charge < -0.3 is 9.64 Å². The summed E-state index contributed by atoms with van der Waals surface area (Å²) in [7, 11) is 0. The van der Waals surface area contributed by atoms with Crippen LogP contribution < -0.4 is 14.4 Å². The molecule has 1 aromatic carbocycles. The number of hydrogen-bond acceptors (Lipinski definition) is 4. The minimum Gasteiger partial charge on any atom is -0.458 e. The van der Waals surface area contributed by atoms with Crippen molar-refractivity contribution in [3.05, 3.63) is 42.2 Å². The second kappa shape index (κ2) is 5.19. The average Bonchev–Trinajstić information content (AvgIpc) is 3.32. The maximum atomic E-state index is 5.95. The Labute approximate surface area is 123 Å². The summed E-state index contributed by atoms with van der Waals surface area (Å²) in [6.45, 7) is 0.941. The molecule has 1 N–H and O–H groups in total. The topological polar surface area (TPSA) is 24.5 Å². The van der Waals surface area contributed by atoms with Crippen LogP contribution in [0.4, 0.5) is 5.69 Å². The second-order valence-corrected chi connectivity index (χ2v) is 6.36. The Hall–Kier alpha value is -1.39. The van der Waals surface area contributed by atoms with Gasteiger partial charge in [0, 0.05) is 10.9 Å². The first kappa shape index (κ1) is 12.4. The monoisotopic (exact) mass is 286 g/mol. The van der Waals surface area contributed by atoms with E-state index in [-0.39, 0.29) is 0 Å². The van der Waals surface area contributed by atoms with Crippen molar-refractivity contribution in [2.45, 2.75) is 36.6 Å². The van der Waals surface area contributed by atoms with Gasteiger partial charge in [0.1, 0.15) is 11.5 Å². The number of nitrogens with zero attached hydrogens (tertiary/aromatic N) is 1. The van der Waals surface area contributed by atoms with Gasteiger partial charge in [0.25, 0.3) is 0 Å². The summed E-state index contributed by atoms with van der Waals surface area (Å²) in [5.74, 6) is 1.89. The van der Waals surface area contributed by atoms with Gasteiger partial charge >= 0.3 is 0 Å². The molecule has 4 rings (SSSR count). The molecule has 1 aliphatic heterocycles. The van der Waals surface area contributed by atoms with Gasteiger partial charge in [-0.15, -0.1) is 0 Å². The molecule has 0 saturated heterocycles. The minimum absolute atomic E-state index is 0.734. The van der Waals surface area contributed by atoms with Crippen LogP contribution in [0.25, 0.3) is 0 Å². The molecular formula is C16H18N2OS. The van der Waals surface area contributed by atoms with Crippen LogP contribution in [0.2, 0.25) is 0 Å². The second-order valence-electron chi connectivity index (χ2n) is 5.42. The summed E-state index contributed by atoms with van der Waals surface area (Å²) in [6, 6.07) is 7.16. The Balaban J connectivity index is 1.57. The van der Waals surface area contributed by atoms with Crippen LogP contribution in [0.15, 0.2) is 47.1 Å². The van der Waals surface area contributed by atoms with E-state index in [0.717, 1.165) is 37.1 Å². The molecule has 104 valence electrons. The van der Waals surface area contributed by atoms with Crippen LogP contribution in [0.3, 0.4) is 0 Å². The number of ether oxygens (including phenoxy) is 1. The normalized spacial score (nSPS) is 21.4. The lowest BCUT2D eigenvalue weighted by Gasteiger charge is -2.31. The van der Waals surface area contributed by atoms with Crippen molar-refractivity contribution in [3.8, 4) is 5.75 Å². The van der Waals surface area contributed by atoms with E-state index >= 15 is 0 Å². The van der Waals surface area contributed by atoms with Crippen molar-refractivity contribution in [2.24, 2.45) is 0 Å². The van der Waals surface area contributed by atoms with Gasteiger partial charge in [-0.1, -0.05) is 6.08 Å². The summed E-state index contributed by atoms with van der Waals surface area (Å²) < 4.78 is 9.35. The van der Waals surface area contributed by atoms with Crippen LogP contribution in [0.1, 0.15) is 25.7 Å². The van der Waals surface area contributed by atoms with E-state index in [2.05, 4.69) is 46.0 Å². The van der Waals surface area contributed by atoms with Gasteiger partial charge in [0.2, 0.25) is 0 Å². The zero-order chi connectivity index (χ0) is 13.4. The molecule has 4 heteroatoms. The third kappa shape index (κ3) is 2.45. The van der Waals surface area contributed by atoms with Gasteiger partial charge in [-0.25, -0.2) is 4.72 Å². The minimum atomic E-state index is 0.734. The molecule has 0 radical (unpaired) electrons. The highest BCUT2D eigenvalue weighted by Gasteiger charge is 2.32. The lowest BCUT2D eigenvalue weighted by molar-refractivity contribution is 0.438. The third-order valence-corrected chi connectivity index (χ3v) is 4.66. The molecule has 3 aliphatic rings. The van der Waals surface area contributed by atoms with Crippen molar-refractivity contribution >= 4 is 17.6 Å². The number of fused-ring (bicyclic) bond motifs is 1. The maximum Gasteiger partial charge on any atom is 0.128 e. The number of hydrogen-bond donors (Lipinski definition) is 1. The summed E-state index contributed by atoms with van der Waals surface area (Å²) in [5.41, 5.74) is 1.34. The van der Waals surface area contributed by atoms with Gasteiger partial charge in [-0.3, -0.25) is 0 Å². The standard InChI is InChI=1S/C16H18N2OS/c1-2-4-13(5-3-1)19-14-8-9-15-16(10-14)20-17-11-18(15)12-6-7-12/h2,4-5,8-10,12,17H,1,3,6-7,11H2. The Morgan fingerprint density at radius 3 is 3.00 bits per heavy atom. The van der Waals surface area contributed by atoms with Crippen LogP contribution in [-0.2, 0) is 0 Å². The van der Waals surface area contributed by atoms with Gasteiger partial charge in [-0.05, 0) is 68.0 Å². The quantitative estimate of drug-likeness (QED) is 0.853. The van der Waals surface area contributed by atoms with Crippen LogP contribution >= 0.6 is 11.9 Å². The van der Waals surface area contributed by atoms with Crippen molar-refractivity contribution in [3.63, 3.8) is 0 Å². The molecule has 0 unspecified atom stereocenters. The van der Waals surface area contributed by atoms with Crippen LogP contribution in [-0.4, -0.2) is 12.7 Å². The number of anilines is 1. The smallest absolute Gasteiger partial charge is 0.128 e. The molecule has 0 atom stereocenters. The van der Waals surface area contributed by atoms with Gasteiger partial charge in [0.15, 0.2) is 0 Å². The van der Waals surface area contributed by atoms with Gasteiger partial charge in [0.05, 0.1) is 12.4 Å². The average molecular weight is 286 g/mol. The molecular weight excluding hydrogens is 268 g/mol. The van der Waals surface area contributed by atoms with E-state index in [1.807, 2.05) is 0 Å². The lowest BCUT2D eigenvalue weighted by Crippen LogP contribution is -2.36. The van der Waals surface area contributed by atoms with Gasteiger partial charge in [-0.2, -0.15) is 0 Å². The first-order valence-electron chi connectivity index (χ1n) is 7.25. The van der Waals surface area contributed by atoms with E-state index in [1.165, 1.54) is 23.4 Å². The molecule has 3 nitrogen and oxygen atoms in total. The first-order chi connectivity index (χ1) is 9.90. The highest BCUT2D eigenvalue weighted by atomic mass is 32.2. The zero-order valence-electron chi connectivity index (χ0n) is 11.3. The largest absolute Gasteiger partial charge is 0.458 e. The Bertz CT molecular complexity index is 578. The fraction of sp³-hybridized carbons (Fsp3) is 0.375. The molecule has 20 heavy (non-hydrogen) atoms. The first-order valence-corrected chi connectivity index (χ1v) is 8.07. The molecule has 2 aliphatic carbocycles. The molecule has 0 spiro atoms. The number of nitrogens with one attached hydrogen (secondary N) is 1. The third-order valence-electron chi connectivity index (χ3n) is 3.84. The molecule has 0 aromatic heterocycles. The predicted octanol–water partition coefficient (Wildman–Crippen LogP) is 3.84. The molecule has 1 fully saturated rings. The highest BCUT2D eigenvalue weighted by molar-refractivity contribution is 7.97. The molecule has 0 amide bonds. The van der Waals surface area contributed by atoms with Crippen molar-refractivity contribution in [2.75, 3.05) is 11.6 Å². The number of rotatable bonds is 3. The van der Waals surface area contributed by atoms with Crippen molar-refractivity contribution in [1.82, 2.24) is 4.72 Å². The Morgan fingerprint density at radius 1 is 1.25 bits per heavy atom. The van der Waals surface area contributed by atoms with E-state index in [4.69, 9.17) is 4.74 Å². The van der Waals surface area contributed by atoms with Crippen molar-refractivity contribution in [1.29, 1.82) is 0 Å². The predicted molar refractivity (Wildman–Crippen MR) is 82.9 cm³/mol. The van der Waals surface area contributed by atoms with Crippen LogP contribution in [0, 0.1) is 0 Å². The highest BCUT2D eigenvalue weighted by Crippen LogP contribution is 2.40. The lowest BCUT2D eigenvalue weighted by atomic mass is 10.2. The molecule has 1 aromatic rings. The summed E-state index contributed by atoms with van der Waals surface area (Å²) in [5, 5.41) is 0. The number of allylic oxidation sites excluding steroid dienone is 3. The van der Waals surface area contributed by atoms with E-state index in [9.17, 15) is 0 Å². The van der Waals surface area contributed by atoms with Crippen molar-refractivity contribution < 1.29 is 4.74 Å². The fourth-order valence-electron chi connectivity index (χ4n) is 2.65. The Morgan fingerprint density at radius 2 is 2.20 bits per heavy atom. The summed E-state index contributed by atoms with van der Waals surface area (Å²) in [4.78, 5) is 3.73. The molecule has 0 bridgehead atoms. The van der Waals surface area contributed by atoms with E-state index < -0.39 is 0 Å². The van der Waals surface area contributed by atoms with Crippen LogP contribution in [0.5, 0.6) is 5.75 Å². The summed E-state index contributed by atoms with van der Waals surface area (Å²) >= 11 is 1.70. The maximum absolute atomic E-state index is 5.95. The molecule has 1 heterocycles. The SMILES string of the molecule is C1=CC(Oc2ccc3c(c2)SNCN3C2CC2)=CCC1.